The van der Waals surface area contributed by atoms with Crippen molar-refractivity contribution in [3.8, 4) is 0 Å². The van der Waals surface area contributed by atoms with Crippen molar-refractivity contribution < 1.29 is 36.3 Å². The molecule has 2 aromatic carbocycles. The normalized spacial score (nSPS) is 12.2. The summed E-state index contributed by atoms with van der Waals surface area (Å²) in [5.74, 6) is -1.89. The van der Waals surface area contributed by atoms with Gasteiger partial charge in [0.1, 0.15) is 6.54 Å². The molecule has 0 amide bonds. The van der Waals surface area contributed by atoms with E-state index in [1.165, 1.54) is 30.3 Å². The van der Waals surface area contributed by atoms with Gasteiger partial charge in [0.05, 0.1) is 10.5 Å². The van der Waals surface area contributed by atoms with Gasteiger partial charge in [0.25, 0.3) is 0 Å². The van der Waals surface area contributed by atoms with E-state index in [1.807, 2.05) is 4.72 Å². The van der Waals surface area contributed by atoms with Gasteiger partial charge in [0.15, 0.2) is 5.78 Å². The number of carboxylic acid groups (broad SMARTS) is 1. The molecule has 148 valence electrons. The monoisotopic (exact) mass is 413 g/mol. The Morgan fingerprint density at radius 2 is 1.71 bits per heavy atom. The van der Waals surface area contributed by atoms with Gasteiger partial charge in [-0.15, -0.1) is 0 Å². The van der Waals surface area contributed by atoms with Crippen molar-refractivity contribution in [2.75, 3.05) is 6.54 Å². The Kier molecular flexibility index (Phi) is 6.37. The summed E-state index contributed by atoms with van der Waals surface area (Å²) in [5, 5.41) is 8.51. The fourth-order valence-corrected chi connectivity index (χ4v) is 3.10. The van der Waals surface area contributed by atoms with Gasteiger partial charge >= 0.3 is 12.1 Å². The fraction of sp³-hybridized carbons (Fsp3) is 0.111. The minimum absolute atomic E-state index is 0.111. The molecule has 0 aliphatic carbocycles. The summed E-state index contributed by atoms with van der Waals surface area (Å²) in [5.41, 5.74) is -0.550. The lowest BCUT2D eigenvalue weighted by Crippen LogP contribution is -2.29. The summed E-state index contributed by atoms with van der Waals surface area (Å²) in [6, 6.07) is 9.11. The number of nitrogens with one attached hydrogen (secondary N) is 1. The quantitative estimate of drug-likeness (QED) is 0.537. The van der Waals surface area contributed by atoms with Crippen LogP contribution in [0.15, 0.2) is 59.5 Å². The second kappa shape index (κ2) is 8.36. The lowest BCUT2D eigenvalue weighted by Gasteiger charge is -2.06. The van der Waals surface area contributed by atoms with Crippen molar-refractivity contribution in [1.29, 1.82) is 0 Å². The third kappa shape index (κ3) is 5.76. The topological polar surface area (TPSA) is 101 Å². The summed E-state index contributed by atoms with van der Waals surface area (Å²) in [6.45, 7) is -0.789. The van der Waals surface area contributed by atoms with E-state index >= 15 is 0 Å². The van der Waals surface area contributed by atoms with E-state index in [-0.39, 0.29) is 16.0 Å². The van der Waals surface area contributed by atoms with E-state index in [0.717, 1.165) is 30.3 Å². The Balaban J connectivity index is 2.13. The standard InChI is InChI=1S/C18H14F3NO5S/c19-18(20,21)14-3-1-2-12(10-14)4-9-16(23)13-5-7-15(8-6-13)28(26,27)22-11-17(24)25/h1-10,22H,11H2,(H,24,25)/b9-4+. The number of hydrogen-bond donors (Lipinski definition) is 2. The maximum atomic E-state index is 12.7. The summed E-state index contributed by atoms with van der Waals surface area (Å²) >= 11 is 0. The fourth-order valence-electron chi connectivity index (χ4n) is 2.13. The number of rotatable bonds is 7. The highest BCUT2D eigenvalue weighted by molar-refractivity contribution is 7.89. The number of halogens is 3. The summed E-state index contributed by atoms with van der Waals surface area (Å²) in [4.78, 5) is 22.3. The van der Waals surface area contributed by atoms with Crippen molar-refractivity contribution in [1.82, 2.24) is 4.72 Å². The molecule has 2 aromatic rings. The number of ketones is 1. The number of sulfonamides is 1. The molecule has 0 saturated carbocycles. The molecule has 0 atom stereocenters. The Bertz CT molecular complexity index is 1010. The van der Waals surface area contributed by atoms with Crippen LogP contribution >= 0.6 is 0 Å². The van der Waals surface area contributed by atoms with Crippen molar-refractivity contribution in [3.63, 3.8) is 0 Å². The number of carbonyl (C=O) groups is 2. The second-order valence-electron chi connectivity index (χ2n) is 5.56. The number of aliphatic carboxylic acids is 1. The molecule has 28 heavy (non-hydrogen) atoms. The van der Waals surface area contributed by atoms with Gasteiger partial charge < -0.3 is 5.11 Å². The molecule has 2 N–H and O–H groups in total. The average Bonchev–Trinajstić information content (AvgIpc) is 2.64. The van der Waals surface area contributed by atoms with Gasteiger partial charge in [-0.1, -0.05) is 18.2 Å². The van der Waals surface area contributed by atoms with Crippen LogP contribution in [-0.2, 0) is 21.0 Å². The summed E-state index contributed by atoms with van der Waals surface area (Å²) in [7, 11) is -4.04. The molecule has 0 spiro atoms. The SMILES string of the molecule is O=C(O)CNS(=O)(=O)c1ccc(C(=O)/C=C/c2cccc(C(F)(F)F)c2)cc1. The molecule has 0 aliphatic rings. The van der Waals surface area contributed by atoms with Crippen LogP contribution < -0.4 is 4.72 Å². The molecule has 2 rings (SSSR count). The molecule has 0 saturated heterocycles. The number of carboxylic acids is 1. The molecular weight excluding hydrogens is 399 g/mol. The number of allylic oxidation sites excluding steroid dienone is 1. The zero-order chi connectivity index (χ0) is 20.9. The zero-order valence-corrected chi connectivity index (χ0v) is 14.9. The maximum absolute atomic E-state index is 12.7. The van der Waals surface area contributed by atoms with Crippen LogP contribution in [0.2, 0.25) is 0 Å². The van der Waals surface area contributed by atoms with Crippen LogP contribution in [0.4, 0.5) is 13.2 Å². The maximum Gasteiger partial charge on any atom is 0.416 e. The van der Waals surface area contributed by atoms with Crippen LogP contribution in [0.1, 0.15) is 21.5 Å². The summed E-state index contributed by atoms with van der Waals surface area (Å²) < 4.78 is 63.7. The van der Waals surface area contributed by atoms with Gasteiger partial charge in [-0.05, 0) is 48.0 Å². The van der Waals surface area contributed by atoms with E-state index in [2.05, 4.69) is 0 Å². The molecule has 0 fully saturated rings. The molecule has 6 nitrogen and oxygen atoms in total. The molecule has 0 radical (unpaired) electrons. The highest BCUT2D eigenvalue weighted by atomic mass is 32.2. The first kappa shape index (κ1) is 21.3. The predicted octanol–water partition coefficient (Wildman–Crippen LogP) is 2.96. The second-order valence-corrected chi connectivity index (χ2v) is 7.33. The third-order valence-corrected chi connectivity index (χ3v) is 4.92. The molecule has 0 aliphatic heterocycles. The lowest BCUT2D eigenvalue weighted by molar-refractivity contribution is -0.137. The van der Waals surface area contributed by atoms with Crippen molar-refractivity contribution in [2.45, 2.75) is 11.1 Å². The third-order valence-electron chi connectivity index (χ3n) is 3.50. The predicted molar refractivity (Wildman–Crippen MR) is 94.1 cm³/mol. The first-order valence-corrected chi connectivity index (χ1v) is 9.18. The Morgan fingerprint density at radius 1 is 1.07 bits per heavy atom. The molecule has 0 unspecified atom stereocenters. The molecule has 0 aromatic heterocycles. The summed E-state index contributed by atoms with van der Waals surface area (Å²) in [6.07, 6.45) is -2.21. The van der Waals surface area contributed by atoms with Gasteiger partial charge in [-0.3, -0.25) is 9.59 Å². The number of hydrogen-bond acceptors (Lipinski definition) is 4. The van der Waals surface area contributed by atoms with Gasteiger partial charge in [0.2, 0.25) is 10.0 Å². The molecule has 10 heteroatoms. The highest BCUT2D eigenvalue weighted by Crippen LogP contribution is 2.29. The first-order valence-electron chi connectivity index (χ1n) is 7.70. The van der Waals surface area contributed by atoms with Crippen LogP contribution in [0.5, 0.6) is 0 Å². The van der Waals surface area contributed by atoms with Crippen LogP contribution in [-0.4, -0.2) is 31.8 Å². The zero-order valence-electron chi connectivity index (χ0n) is 14.1. The average molecular weight is 413 g/mol. The van der Waals surface area contributed by atoms with Crippen LogP contribution in [0, 0.1) is 0 Å². The number of benzene rings is 2. The Labute approximate surface area is 158 Å². The van der Waals surface area contributed by atoms with E-state index in [9.17, 15) is 31.2 Å². The molecular formula is C18H14F3NO5S. The Morgan fingerprint density at radius 3 is 2.29 bits per heavy atom. The van der Waals surface area contributed by atoms with Crippen molar-refractivity contribution in [2.24, 2.45) is 0 Å². The van der Waals surface area contributed by atoms with E-state index in [1.54, 1.807) is 0 Å². The Hall–Kier alpha value is -2.98. The molecule has 0 bridgehead atoms. The minimum Gasteiger partial charge on any atom is -0.480 e. The minimum atomic E-state index is -4.50. The van der Waals surface area contributed by atoms with E-state index in [4.69, 9.17) is 5.11 Å². The highest BCUT2D eigenvalue weighted by Gasteiger charge is 2.30. The smallest absolute Gasteiger partial charge is 0.416 e. The van der Waals surface area contributed by atoms with Crippen LogP contribution in [0.25, 0.3) is 6.08 Å². The van der Waals surface area contributed by atoms with Gasteiger partial charge in [0, 0.05) is 5.56 Å². The molecule has 0 heterocycles. The van der Waals surface area contributed by atoms with Gasteiger partial charge in [-0.25, -0.2) is 8.42 Å². The first-order chi connectivity index (χ1) is 13.0. The van der Waals surface area contributed by atoms with Crippen molar-refractivity contribution >= 4 is 27.9 Å². The van der Waals surface area contributed by atoms with E-state index < -0.39 is 40.1 Å². The van der Waals surface area contributed by atoms with Crippen molar-refractivity contribution in [3.05, 3.63) is 71.3 Å². The lowest BCUT2D eigenvalue weighted by atomic mass is 10.1. The van der Waals surface area contributed by atoms with Gasteiger partial charge in [-0.2, -0.15) is 17.9 Å². The van der Waals surface area contributed by atoms with E-state index in [0.29, 0.717) is 0 Å². The largest absolute Gasteiger partial charge is 0.480 e. The van der Waals surface area contributed by atoms with Crippen LogP contribution in [0.3, 0.4) is 0 Å². The number of carbonyl (C=O) groups excluding carboxylic acids is 1. The number of alkyl halides is 3.